The van der Waals surface area contributed by atoms with E-state index in [2.05, 4.69) is 10.3 Å². The molecule has 6 heteroatoms. The highest BCUT2D eigenvalue weighted by Gasteiger charge is 2.12. The fourth-order valence-corrected chi connectivity index (χ4v) is 3.73. The number of carbonyl (C=O) groups is 1. The van der Waals surface area contributed by atoms with Crippen molar-refractivity contribution < 1.29 is 9.53 Å². The Bertz CT molecular complexity index is 1140. The van der Waals surface area contributed by atoms with Crippen LogP contribution in [0.25, 0.3) is 20.8 Å². The largest absolute Gasteiger partial charge is 0.484 e. The number of nitrogens with zero attached hydrogens (tertiary/aromatic N) is 2. The van der Waals surface area contributed by atoms with Crippen LogP contribution in [0, 0.1) is 11.3 Å². The van der Waals surface area contributed by atoms with Gasteiger partial charge < -0.3 is 10.1 Å². The van der Waals surface area contributed by atoms with Gasteiger partial charge >= 0.3 is 0 Å². The molecule has 4 aromatic rings. The number of benzene rings is 3. The van der Waals surface area contributed by atoms with Gasteiger partial charge in [0.25, 0.3) is 5.91 Å². The van der Waals surface area contributed by atoms with Crippen LogP contribution in [-0.2, 0) is 4.79 Å². The Morgan fingerprint density at radius 3 is 2.57 bits per heavy atom. The molecule has 0 unspecified atom stereocenters. The minimum absolute atomic E-state index is 0.125. The van der Waals surface area contributed by atoms with E-state index in [-0.39, 0.29) is 12.5 Å². The maximum absolute atomic E-state index is 12.4. The summed E-state index contributed by atoms with van der Waals surface area (Å²) in [4.78, 5) is 17.0. The minimum Gasteiger partial charge on any atom is -0.484 e. The van der Waals surface area contributed by atoms with Crippen molar-refractivity contribution in [2.75, 3.05) is 11.9 Å². The molecule has 0 atom stereocenters. The smallest absolute Gasteiger partial charge is 0.262 e. The summed E-state index contributed by atoms with van der Waals surface area (Å²) >= 11 is 1.59. The summed E-state index contributed by atoms with van der Waals surface area (Å²) in [6.07, 6.45) is 0. The lowest BCUT2D eigenvalue weighted by Gasteiger charge is -2.10. The summed E-state index contributed by atoms with van der Waals surface area (Å²) in [7, 11) is 0. The molecule has 0 aliphatic carbocycles. The Balaban J connectivity index is 1.48. The molecular weight excluding hydrogens is 370 g/mol. The molecule has 1 amide bonds. The van der Waals surface area contributed by atoms with Crippen LogP contribution >= 0.6 is 11.3 Å². The van der Waals surface area contributed by atoms with Crippen molar-refractivity contribution in [3.05, 3.63) is 78.4 Å². The number of fused-ring (bicyclic) bond motifs is 1. The Morgan fingerprint density at radius 2 is 1.79 bits per heavy atom. The lowest BCUT2D eigenvalue weighted by Crippen LogP contribution is -2.20. The number of hydrogen-bond acceptors (Lipinski definition) is 5. The first-order valence-electron chi connectivity index (χ1n) is 8.61. The number of thiazole rings is 1. The van der Waals surface area contributed by atoms with Gasteiger partial charge in [-0.15, -0.1) is 11.3 Å². The van der Waals surface area contributed by atoms with Gasteiger partial charge in [-0.2, -0.15) is 5.26 Å². The molecule has 0 saturated carbocycles. The standard InChI is InChI=1S/C22H15N3O2S/c23-13-15-9-11-16(12-10-15)27-14-21(26)24-18-6-2-1-5-17(18)22-25-19-7-3-4-8-20(19)28-22/h1-12H,14H2,(H,24,26). The van der Waals surface area contributed by atoms with Crippen LogP contribution in [0.5, 0.6) is 5.75 Å². The minimum atomic E-state index is -0.266. The SMILES string of the molecule is N#Cc1ccc(OCC(=O)Nc2ccccc2-c2nc3ccccc3s2)cc1. The third-order valence-corrected chi connectivity index (χ3v) is 5.15. The van der Waals surface area contributed by atoms with Crippen molar-refractivity contribution in [3.63, 3.8) is 0 Å². The van der Waals surface area contributed by atoms with Gasteiger partial charge in [0.2, 0.25) is 0 Å². The first-order valence-corrected chi connectivity index (χ1v) is 9.42. The summed E-state index contributed by atoms with van der Waals surface area (Å²) in [6, 6.07) is 24.2. The van der Waals surface area contributed by atoms with Crippen molar-refractivity contribution in [1.29, 1.82) is 5.26 Å². The van der Waals surface area contributed by atoms with Gasteiger partial charge in [-0.05, 0) is 48.5 Å². The fourth-order valence-electron chi connectivity index (χ4n) is 2.73. The van der Waals surface area contributed by atoms with E-state index in [4.69, 9.17) is 10.00 Å². The number of hydrogen-bond donors (Lipinski definition) is 1. The van der Waals surface area contributed by atoms with Gasteiger partial charge in [0.1, 0.15) is 10.8 Å². The molecule has 0 radical (unpaired) electrons. The number of ether oxygens (including phenoxy) is 1. The maximum atomic E-state index is 12.4. The predicted octanol–water partition coefficient (Wildman–Crippen LogP) is 4.85. The molecular formula is C22H15N3O2S. The number of nitrogens with one attached hydrogen (secondary N) is 1. The highest BCUT2D eigenvalue weighted by Crippen LogP contribution is 2.34. The van der Waals surface area contributed by atoms with Crippen LogP contribution in [-0.4, -0.2) is 17.5 Å². The maximum Gasteiger partial charge on any atom is 0.262 e. The number of anilines is 1. The molecule has 1 heterocycles. The molecule has 0 spiro atoms. The lowest BCUT2D eigenvalue weighted by molar-refractivity contribution is -0.118. The molecule has 0 aliphatic rings. The molecule has 1 N–H and O–H groups in total. The molecule has 5 nitrogen and oxygen atoms in total. The second kappa shape index (κ2) is 7.91. The molecule has 0 saturated heterocycles. The Labute approximate surface area is 165 Å². The first-order chi connectivity index (χ1) is 13.7. The zero-order chi connectivity index (χ0) is 19.3. The van der Waals surface area contributed by atoms with E-state index >= 15 is 0 Å². The second-order valence-corrected chi connectivity index (χ2v) is 7.04. The zero-order valence-corrected chi connectivity index (χ0v) is 15.6. The Hall–Kier alpha value is -3.69. The highest BCUT2D eigenvalue weighted by atomic mass is 32.1. The van der Waals surface area contributed by atoms with Gasteiger partial charge in [-0.25, -0.2) is 4.98 Å². The molecule has 4 rings (SSSR count). The van der Waals surface area contributed by atoms with Crippen molar-refractivity contribution >= 4 is 33.1 Å². The van der Waals surface area contributed by atoms with Crippen molar-refractivity contribution in [2.24, 2.45) is 0 Å². The van der Waals surface area contributed by atoms with Crippen LogP contribution in [0.3, 0.4) is 0 Å². The third-order valence-electron chi connectivity index (χ3n) is 4.08. The average Bonchev–Trinajstić information content (AvgIpc) is 3.17. The Kier molecular flexibility index (Phi) is 5.00. The van der Waals surface area contributed by atoms with Gasteiger partial charge in [0.05, 0.1) is 27.5 Å². The molecule has 0 fully saturated rings. The quantitative estimate of drug-likeness (QED) is 0.533. The topological polar surface area (TPSA) is 75.0 Å². The monoisotopic (exact) mass is 385 g/mol. The average molecular weight is 385 g/mol. The summed E-state index contributed by atoms with van der Waals surface area (Å²) in [5.74, 6) is 0.270. The molecule has 136 valence electrons. The van der Waals surface area contributed by atoms with Crippen LogP contribution in [0.2, 0.25) is 0 Å². The van der Waals surface area contributed by atoms with Crippen molar-refractivity contribution in [1.82, 2.24) is 4.98 Å². The van der Waals surface area contributed by atoms with Gasteiger partial charge in [-0.3, -0.25) is 4.79 Å². The summed E-state index contributed by atoms with van der Waals surface area (Å²) in [5.41, 5.74) is 3.04. The predicted molar refractivity (Wildman–Crippen MR) is 110 cm³/mol. The van der Waals surface area contributed by atoms with Crippen molar-refractivity contribution in [2.45, 2.75) is 0 Å². The number of nitriles is 1. The van der Waals surface area contributed by atoms with E-state index in [9.17, 15) is 4.79 Å². The summed E-state index contributed by atoms with van der Waals surface area (Å²) < 4.78 is 6.60. The lowest BCUT2D eigenvalue weighted by atomic mass is 10.2. The van der Waals surface area contributed by atoms with Crippen LogP contribution in [0.1, 0.15) is 5.56 Å². The Morgan fingerprint density at radius 1 is 1.04 bits per heavy atom. The number of carbonyl (C=O) groups excluding carboxylic acids is 1. The first kappa shape index (κ1) is 17.7. The number of para-hydroxylation sites is 2. The summed E-state index contributed by atoms with van der Waals surface area (Å²) in [6.45, 7) is -0.125. The van der Waals surface area contributed by atoms with E-state index in [0.29, 0.717) is 17.0 Å². The van der Waals surface area contributed by atoms with Gasteiger partial charge in [-0.1, -0.05) is 24.3 Å². The highest BCUT2D eigenvalue weighted by molar-refractivity contribution is 7.21. The van der Waals surface area contributed by atoms with Gasteiger partial charge in [0, 0.05) is 5.56 Å². The third kappa shape index (κ3) is 3.85. The number of rotatable bonds is 5. The van der Waals surface area contributed by atoms with E-state index < -0.39 is 0 Å². The van der Waals surface area contributed by atoms with E-state index in [1.165, 1.54) is 0 Å². The second-order valence-electron chi connectivity index (χ2n) is 6.01. The molecule has 28 heavy (non-hydrogen) atoms. The van der Waals surface area contributed by atoms with Gasteiger partial charge in [0.15, 0.2) is 6.61 Å². The number of amides is 1. The molecule has 0 bridgehead atoms. The summed E-state index contributed by atoms with van der Waals surface area (Å²) in [5, 5.41) is 12.6. The zero-order valence-electron chi connectivity index (χ0n) is 14.8. The van der Waals surface area contributed by atoms with Crippen LogP contribution in [0.15, 0.2) is 72.8 Å². The van der Waals surface area contributed by atoms with Crippen molar-refractivity contribution in [3.8, 4) is 22.4 Å². The van der Waals surface area contributed by atoms with E-state index in [1.54, 1.807) is 35.6 Å². The molecule has 1 aromatic heterocycles. The van der Waals surface area contributed by atoms with E-state index in [1.807, 2.05) is 54.6 Å². The normalized spacial score (nSPS) is 10.4. The fraction of sp³-hybridized carbons (Fsp3) is 0.0455. The molecule has 0 aliphatic heterocycles. The molecule has 3 aromatic carbocycles. The number of aromatic nitrogens is 1. The van der Waals surface area contributed by atoms with Crippen LogP contribution in [0.4, 0.5) is 5.69 Å². The van der Waals surface area contributed by atoms with Crippen LogP contribution < -0.4 is 10.1 Å². The van der Waals surface area contributed by atoms with E-state index in [0.717, 1.165) is 20.8 Å².